The van der Waals surface area contributed by atoms with E-state index >= 15 is 0 Å². The zero-order valence-electron chi connectivity index (χ0n) is 27.0. The molecular formula is C41H46FN3. The molecule has 1 aromatic heterocycles. The number of imidazole rings is 1. The highest BCUT2D eigenvalue weighted by atomic mass is 19.1. The van der Waals surface area contributed by atoms with Crippen molar-refractivity contribution in [3.05, 3.63) is 155 Å². The molecule has 1 saturated heterocycles. The first-order chi connectivity index (χ1) is 21.9. The van der Waals surface area contributed by atoms with Gasteiger partial charge in [0.2, 0.25) is 0 Å². The maximum Gasteiger partial charge on any atom is 0.122 e. The second kappa shape index (κ2) is 13.4. The first kappa shape index (κ1) is 30.8. The predicted molar refractivity (Wildman–Crippen MR) is 185 cm³/mol. The molecule has 45 heavy (non-hydrogen) atoms. The van der Waals surface area contributed by atoms with Crippen molar-refractivity contribution in [1.29, 1.82) is 0 Å². The molecule has 2 heterocycles. The number of alkyl halides is 1. The van der Waals surface area contributed by atoms with Crippen LogP contribution in [0, 0.1) is 5.41 Å². The lowest BCUT2D eigenvalue weighted by Crippen LogP contribution is -2.40. The summed E-state index contributed by atoms with van der Waals surface area (Å²) in [4.78, 5) is 7.52. The van der Waals surface area contributed by atoms with E-state index in [9.17, 15) is 4.39 Å². The Hall–Kier alpha value is -4.18. The number of hydrogen-bond acceptors (Lipinski definition) is 2. The van der Waals surface area contributed by atoms with Crippen LogP contribution in [0.15, 0.2) is 121 Å². The summed E-state index contributed by atoms with van der Waals surface area (Å²) >= 11 is 0. The molecule has 4 aromatic carbocycles. The molecule has 0 spiro atoms. The number of hydrogen-bond donors (Lipinski definition) is 0. The Morgan fingerprint density at radius 3 is 1.71 bits per heavy atom. The molecule has 0 bridgehead atoms. The number of anilines is 1. The number of halogens is 1. The molecule has 0 atom stereocenters. The Balaban J connectivity index is 1.46. The first-order valence-electron chi connectivity index (χ1n) is 16.6. The average molecular weight is 600 g/mol. The van der Waals surface area contributed by atoms with Gasteiger partial charge in [-0.3, -0.25) is 0 Å². The standard InChI is InChI=1S/C41H46FN3/c1-4-40(2,3)30-38-31-43-39(25-22-32-20-23-37(24-21-32)44-28-26-36(42)27-29-44)45(38)41(33-14-8-5-9-15-33,34-16-10-6-11-17-34)35-18-12-7-13-19-35/h5-21,23-24,31,36H,4,22,25-30H2,1-3H3. The second-order valence-corrected chi connectivity index (χ2v) is 13.3. The number of piperidine rings is 1. The highest BCUT2D eigenvalue weighted by Gasteiger charge is 2.41. The Morgan fingerprint density at radius 1 is 0.711 bits per heavy atom. The highest BCUT2D eigenvalue weighted by molar-refractivity contribution is 5.52. The molecule has 0 unspecified atom stereocenters. The van der Waals surface area contributed by atoms with E-state index in [0.29, 0.717) is 12.8 Å². The minimum atomic E-state index is -0.660. The van der Waals surface area contributed by atoms with Crippen LogP contribution in [0.4, 0.5) is 10.1 Å². The van der Waals surface area contributed by atoms with Crippen molar-refractivity contribution in [3.8, 4) is 0 Å². The molecule has 3 nitrogen and oxygen atoms in total. The quantitative estimate of drug-likeness (QED) is 0.141. The van der Waals surface area contributed by atoms with Crippen molar-refractivity contribution in [2.24, 2.45) is 5.41 Å². The van der Waals surface area contributed by atoms with E-state index in [0.717, 1.165) is 44.6 Å². The number of rotatable bonds is 11. The third-order valence-electron chi connectivity index (χ3n) is 9.80. The number of aryl methyl sites for hydroxylation is 2. The van der Waals surface area contributed by atoms with Crippen molar-refractivity contribution in [1.82, 2.24) is 9.55 Å². The molecule has 0 amide bonds. The van der Waals surface area contributed by atoms with Crippen molar-refractivity contribution >= 4 is 5.69 Å². The molecule has 4 heteroatoms. The molecular weight excluding hydrogens is 553 g/mol. The lowest BCUT2D eigenvalue weighted by atomic mass is 9.75. The summed E-state index contributed by atoms with van der Waals surface area (Å²) in [5.41, 5.74) is 6.91. The molecule has 5 aromatic rings. The molecule has 1 aliphatic rings. The summed E-state index contributed by atoms with van der Waals surface area (Å²) in [7, 11) is 0. The minimum absolute atomic E-state index is 0.122. The minimum Gasteiger partial charge on any atom is -0.371 e. The van der Waals surface area contributed by atoms with Crippen LogP contribution in [0.1, 0.15) is 73.8 Å². The van der Waals surface area contributed by atoms with Gasteiger partial charge < -0.3 is 9.47 Å². The van der Waals surface area contributed by atoms with Gasteiger partial charge in [-0.05, 0) is 65.5 Å². The van der Waals surface area contributed by atoms with Gasteiger partial charge in [0.25, 0.3) is 0 Å². The molecule has 232 valence electrons. The average Bonchev–Trinajstić information content (AvgIpc) is 3.48. The summed E-state index contributed by atoms with van der Waals surface area (Å²) in [6, 6.07) is 41.7. The molecule has 1 fully saturated rings. The number of nitrogens with zero attached hydrogens (tertiary/aromatic N) is 3. The summed E-state index contributed by atoms with van der Waals surface area (Å²) in [5.74, 6) is 1.09. The van der Waals surface area contributed by atoms with Crippen LogP contribution in [0.3, 0.4) is 0 Å². The third kappa shape index (κ3) is 6.47. The van der Waals surface area contributed by atoms with E-state index < -0.39 is 11.7 Å². The zero-order valence-corrected chi connectivity index (χ0v) is 27.0. The van der Waals surface area contributed by atoms with E-state index in [2.05, 4.69) is 152 Å². The van der Waals surface area contributed by atoms with Crippen LogP contribution in [0.25, 0.3) is 0 Å². The predicted octanol–water partition coefficient (Wildman–Crippen LogP) is 9.43. The van der Waals surface area contributed by atoms with Crippen molar-refractivity contribution < 1.29 is 4.39 Å². The molecule has 0 aliphatic carbocycles. The van der Waals surface area contributed by atoms with Crippen LogP contribution >= 0.6 is 0 Å². The first-order valence-corrected chi connectivity index (χ1v) is 16.6. The van der Waals surface area contributed by atoms with Gasteiger partial charge in [-0.25, -0.2) is 9.37 Å². The fraction of sp³-hybridized carbons (Fsp3) is 0.341. The normalized spacial score (nSPS) is 14.5. The Bertz CT molecular complexity index is 1540. The lowest BCUT2D eigenvalue weighted by molar-refractivity contribution is 0.277. The molecule has 0 N–H and O–H groups in total. The van der Waals surface area contributed by atoms with E-state index in [4.69, 9.17) is 4.98 Å². The summed E-state index contributed by atoms with van der Waals surface area (Å²) in [6.45, 7) is 8.57. The van der Waals surface area contributed by atoms with Gasteiger partial charge in [-0.15, -0.1) is 0 Å². The van der Waals surface area contributed by atoms with Gasteiger partial charge in [0.05, 0.1) is 0 Å². The van der Waals surface area contributed by atoms with Crippen LogP contribution in [-0.2, 0) is 24.8 Å². The van der Waals surface area contributed by atoms with Crippen LogP contribution < -0.4 is 4.90 Å². The summed E-state index contributed by atoms with van der Waals surface area (Å²) < 4.78 is 16.3. The SMILES string of the molecule is CCC(C)(C)Cc1cnc(CCc2ccc(N3CCC(F)CC3)cc2)n1C(c1ccccc1)(c1ccccc1)c1ccccc1. The third-order valence-corrected chi connectivity index (χ3v) is 9.80. The van der Waals surface area contributed by atoms with Gasteiger partial charge in [0.15, 0.2) is 0 Å². The van der Waals surface area contributed by atoms with Gasteiger partial charge in [0, 0.05) is 37.1 Å². The van der Waals surface area contributed by atoms with Crippen LogP contribution in [-0.4, -0.2) is 28.8 Å². The van der Waals surface area contributed by atoms with E-state index in [1.807, 2.05) is 0 Å². The molecule has 0 saturated carbocycles. The van der Waals surface area contributed by atoms with E-state index in [1.54, 1.807) is 0 Å². The summed E-state index contributed by atoms with van der Waals surface area (Å²) in [5, 5.41) is 0. The lowest BCUT2D eigenvalue weighted by Gasteiger charge is -2.41. The van der Waals surface area contributed by atoms with Crippen molar-refractivity contribution in [2.75, 3.05) is 18.0 Å². The van der Waals surface area contributed by atoms with Gasteiger partial charge >= 0.3 is 0 Å². The number of benzene rings is 4. The molecule has 6 rings (SSSR count). The Kier molecular flexibility index (Phi) is 9.21. The monoisotopic (exact) mass is 599 g/mol. The maximum absolute atomic E-state index is 13.7. The van der Waals surface area contributed by atoms with Gasteiger partial charge in [-0.2, -0.15) is 0 Å². The van der Waals surface area contributed by atoms with Gasteiger partial charge in [-0.1, -0.05) is 130 Å². The highest BCUT2D eigenvalue weighted by Crippen LogP contribution is 2.44. The second-order valence-electron chi connectivity index (χ2n) is 13.3. The fourth-order valence-corrected chi connectivity index (χ4v) is 6.92. The number of aromatic nitrogens is 2. The van der Waals surface area contributed by atoms with Crippen molar-refractivity contribution in [3.63, 3.8) is 0 Å². The smallest absolute Gasteiger partial charge is 0.122 e. The van der Waals surface area contributed by atoms with Crippen LogP contribution in [0.2, 0.25) is 0 Å². The maximum atomic E-state index is 13.7. The Labute approximate surface area is 268 Å². The largest absolute Gasteiger partial charge is 0.371 e. The summed E-state index contributed by atoms with van der Waals surface area (Å²) in [6.07, 6.45) is 6.41. The van der Waals surface area contributed by atoms with Crippen molar-refractivity contribution in [2.45, 2.75) is 71.0 Å². The molecule has 0 radical (unpaired) electrons. The topological polar surface area (TPSA) is 21.1 Å². The Morgan fingerprint density at radius 2 is 1.22 bits per heavy atom. The molecule has 1 aliphatic heterocycles. The van der Waals surface area contributed by atoms with E-state index in [1.165, 1.54) is 33.6 Å². The fourth-order valence-electron chi connectivity index (χ4n) is 6.92. The van der Waals surface area contributed by atoms with Crippen LogP contribution in [0.5, 0.6) is 0 Å². The zero-order chi connectivity index (χ0) is 31.3. The van der Waals surface area contributed by atoms with Gasteiger partial charge in [0.1, 0.15) is 17.5 Å². The van der Waals surface area contributed by atoms with E-state index in [-0.39, 0.29) is 5.41 Å².